The summed E-state index contributed by atoms with van der Waals surface area (Å²) in [5, 5.41) is 10.4. The number of halogens is 1. The fourth-order valence-electron chi connectivity index (χ4n) is 3.52. The number of pyridine rings is 1. The molecule has 4 rings (SSSR count). The second kappa shape index (κ2) is 7.42. The number of nitriles is 1. The highest BCUT2D eigenvalue weighted by molar-refractivity contribution is 6.30. The van der Waals surface area contributed by atoms with Gasteiger partial charge in [0, 0.05) is 16.9 Å². The first-order chi connectivity index (χ1) is 14.1. The minimum atomic E-state index is -0.523. The van der Waals surface area contributed by atoms with Crippen molar-refractivity contribution in [3.63, 3.8) is 0 Å². The van der Waals surface area contributed by atoms with Crippen LogP contribution in [0.2, 0.25) is 5.02 Å². The largest absolute Gasteiger partial charge is 0.462 e. The molecule has 1 aromatic carbocycles. The first-order valence-corrected chi connectivity index (χ1v) is 9.37. The fourth-order valence-corrected chi connectivity index (χ4v) is 3.64. The monoisotopic (exact) mass is 402 g/mol. The van der Waals surface area contributed by atoms with E-state index < -0.39 is 11.4 Å². The Kier molecular flexibility index (Phi) is 4.79. The molecule has 1 heterocycles. The molecule has 0 bridgehead atoms. The lowest BCUT2D eigenvalue weighted by Gasteiger charge is -2.12. The summed E-state index contributed by atoms with van der Waals surface area (Å²) in [6.45, 7) is 1.93. The molecule has 0 amide bonds. The SMILES string of the molecule is CCOC(=O)c1c2cccccc-2c2c(=O)c(C#N)cn(-c3ccc(Cl)cc3)c12. The molecule has 142 valence electrons. The molecule has 1 aromatic heterocycles. The molecular weight excluding hydrogens is 388 g/mol. The molecule has 6 heteroatoms. The van der Waals surface area contributed by atoms with E-state index in [-0.39, 0.29) is 12.2 Å². The number of carbonyl (C=O) groups is 1. The number of aromatic nitrogens is 1. The van der Waals surface area contributed by atoms with E-state index in [4.69, 9.17) is 16.3 Å². The number of esters is 1. The van der Waals surface area contributed by atoms with E-state index in [1.165, 1.54) is 6.20 Å². The fraction of sp³-hybridized carbons (Fsp3) is 0.0870. The average molecular weight is 403 g/mol. The van der Waals surface area contributed by atoms with Crippen LogP contribution in [0, 0.1) is 11.3 Å². The minimum absolute atomic E-state index is 0.0127. The Balaban J connectivity index is 2.25. The molecule has 0 N–H and O–H groups in total. The van der Waals surface area contributed by atoms with Gasteiger partial charge >= 0.3 is 5.97 Å². The van der Waals surface area contributed by atoms with E-state index in [1.807, 2.05) is 12.1 Å². The molecule has 5 nitrogen and oxygen atoms in total. The summed E-state index contributed by atoms with van der Waals surface area (Å²) in [6.07, 6.45) is 1.45. The molecule has 2 aliphatic carbocycles. The lowest BCUT2D eigenvalue weighted by atomic mass is 10.1. The zero-order valence-electron chi connectivity index (χ0n) is 15.5. The van der Waals surface area contributed by atoms with Gasteiger partial charge in [0.25, 0.3) is 0 Å². The summed E-state index contributed by atoms with van der Waals surface area (Å²) >= 11 is 6.02. The highest BCUT2D eigenvalue weighted by Crippen LogP contribution is 2.38. The lowest BCUT2D eigenvalue weighted by Crippen LogP contribution is -2.13. The average Bonchev–Trinajstić information content (AvgIpc) is 2.86. The third kappa shape index (κ3) is 3.04. The summed E-state index contributed by atoms with van der Waals surface area (Å²) in [5.74, 6) is -0.523. The second-order valence-corrected chi connectivity index (χ2v) is 6.82. The Labute approximate surface area is 171 Å². The first-order valence-electron chi connectivity index (χ1n) is 9.00. The highest BCUT2D eigenvalue weighted by atomic mass is 35.5. The van der Waals surface area contributed by atoms with Crippen LogP contribution >= 0.6 is 11.6 Å². The van der Waals surface area contributed by atoms with E-state index in [0.717, 1.165) is 0 Å². The highest BCUT2D eigenvalue weighted by Gasteiger charge is 2.28. The van der Waals surface area contributed by atoms with Crippen LogP contribution in [0.4, 0.5) is 0 Å². The first kappa shape index (κ1) is 18.7. The van der Waals surface area contributed by atoms with Gasteiger partial charge in [0.05, 0.1) is 23.1 Å². The number of nitrogens with zero attached hydrogens (tertiary/aromatic N) is 2. The molecule has 29 heavy (non-hydrogen) atoms. The van der Waals surface area contributed by atoms with Crippen molar-refractivity contribution >= 4 is 28.5 Å². The summed E-state index contributed by atoms with van der Waals surface area (Å²) in [5.41, 5.74) is 2.14. The maximum absolute atomic E-state index is 13.1. The van der Waals surface area contributed by atoms with Gasteiger partial charge in [-0.05, 0) is 42.3 Å². The molecule has 0 atom stereocenters. The summed E-state index contributed by atoms with van der Waals surface area (Å²) in [6, 6.07) is 17.9. The normalized spacial score (nSPS) is 10.8. The van der Waals surface area contributed by atoms with Crippen molar-refractivity contribution in [2.24, 2.45) is 0 Å². The van der Waals surface area contributed by atoms with Gasteiger partial charge < -0.3 is 9.30 Å². The van der Waals surface area contributed by atoms with Crippen molar-refractivity contribution in [2.75, 3.05) is 6.61 Å². The van der Waals surface area contributed by atoms with Crippen molar-refractivity contribution < 1.29 is 9.53 Å². The van der Waals surface area contributed by atoms with E-state index in [0.29, 0.717) is 38.3 Å². The Morgan fingerprint density at radius 3 is 2.45 bits per heavy atom. The van der Waals surface area contributed by atoms with Crippen LogP contribution in [-0.4, -0.2) is 17.1 Å². The van der Waals surface area contributed by atoms with Gasteiger partial charge in [-0.15, -0.1) is 0 Å². The topological polar surface area (TPSA) is 72.1 Å². The molecule has 0 radical (unpaired) electrons. The van der Waals surface area contributed by atoms with Gasteiger partial charge in [0.1, 0.15) is 11.6 Å². The smallest absolute Gasteiger partial charge is 0.340 e. The van der Waals surface area contributed by atoms with E-state index in [1.54, 1.807) is 60.0 Å². The summed E-state index contributed by atoms with van der Waals surface area (Å²) < 4.78 is 6.98. The van der Waals surface area contributed by atoms with Crippen LogP contribution in [0.3, 0.4) is 0 Å². The predicted octanol–water partition coefficient (Wildman–Crippen LogP) is 4.80. The molecule has 0 fully saturated rings. The van der Waals surface area contributed by atoms with Crippen LogP contribution in [0.5, 0.6) is 0 Å². The quantitative estimate of drug-likeness (QED) is 0.461. The van der Waals surface area contributed by atoms with E-state index in [9.17, 15) is 14.9 Å². The van der Waals surface area contributed by atoms with E-state index >= 15 is 0 Å². The lowest BCUT2D eigenvalue weighted by molar-refractivity contribution is 0.0529. The molecule has 0 spiro atoms. The Bertz CT molecular complexity index is 1320. The third-order valence-corrected chi connectivity index (χ3v) is 4.98. The predicted molar refractivity (Wildman–Crippen MR) is 112 cm³/mol. The van der Waals surface area contributed by atoms with Gasteiger partial charge in [-0.25, -0.2) is 4.79 Å². The Morgan fingerprint density at radius 1 is 1.10 bits per heavy atom. The van der Waals surface area contributed by atoms with Crippen LogP contribution in [0.15, 0.2) is 65.6 Å². The number of hydrogen-bond acceptors (Lipinski definition) is 4. The van der Waals surface area contributed by atoms with Gasteiger partial charge in [0.15, 0.2) is 0 Å². The number of carbonyl (C=O) groups excluding carboxylic acids is 1. The molecular formula is C23H15ClN2O3. The second-order valence-electron chi connectivity index (χ2n) is 6.39. The minimum Gasteiger partial charge on any atom is -0.462 e. The number of rotatable bonds is 3. The van der Waals surface area contributed by atoms with Crippen LogP contribution in [-0.2, 0) is 4.74 Å². The zero-order valence-corrected chi connectivity index (χ0v) is 16.2. The van der Waals surface area contributed by atoms with Gasteiger partial charge in [-0.1, -0.05) is 41.9 Å². The zero-order chi connectivity index (χ0) is 20.5. The van der Waals surface area contributed by atoms with Gasteiger partial charge in [-0.2, -0.15) is 5.26 Å². The van der Waals surface area contributed by atoms with Crippen molar-refractivity contribution in [3.05, 3.63) is 87.2 Å². The number of benzene rings is 1. The van der Waals surface area contributed by atoms with E-state index in [2.05, 4.69) is 0 Å². The van der Waals surface area contributed by atoms with Crippen LogP contribution in [0.25, 0.3) is 27.7 Å². The molecule has 2 aliphatic rings. The standard InChI is InChI=1S/C23H15ClN2O3/c1-2-29-23(28)20-18-7-5-3-4-6-17(18)19-21(20)26(13-14(12-25)22(19)27)16-10-8-15(24)9-11-16/h3-11,13H,2H2,1H3. The van der Waals surface area contributed by atoms with Crippen molar-refractivity contribution in [1.29, 1.82) is 5.26 Å². The van der Waals surface area contributed by atoms with Crippen LogP contribution in [0.1, 0.15) is 22.8 Å². The number of fused-ring (bicyclic) bond motifs is 3. The van der Waals surface area contributed by atoms with Crippen molar-refractivity contribution in [1.82, 2.24) is 4.57 Å². The van der Waals surface area contributed by atoms with Gasteiger partial charge in [0.2, 0.25) is 5.43 Å². The number of hydrogen-bond donors (Lipinski definition) is 0. The summed E-state index contributed by atoms with van der Waals surface area (Å²) in [4.78, 5) is 26.0. The van der Waals surface area contributed by atoms with Crippen molar-refractivity contribution in [2.45, 2.75) is 6.92 Å². The molecule has 0 saturated heterocycles. The summed E-state index contributed by atoms with van der Waals surface area (Å²) in [7, 11) is 0. The Hall–Kier alpha value is -3.62. The van der Waals surface area contributed by atoms with Gasteiger partial charge in [-0.3, -0.25) is 4.79 Å². The third-order valence-electron chi connectivity index (χ3n) is 4.73. The van der Waals surface area contributed by atoms with Crippen molar-refractivity contribution in [3.8, 4) is 22.9 Å². The molecule has 0 saturated carbocycles. The molecule has 2 aromatic rings. The molecule has 0 unspecified atom stereocenters. The number of ether oxygens (including phenoxy) is 1. The maximum Gasteiger partial charge on any atom is 0.340 e. The maximum atomic E-state index is 13.1. The van der Waals surface area contributed by atoms with Crippen LogP contribution < -0.4 is 5.43 Å². The molecule has 0 aliphatic heterocycles. The Morgan fingerprint density at radius 2 is 1.79 bits per heavy atom.